The number of carbonyl (C=O) groups excluding carboxylic acids is 1. The minimum absolute atomic E-state index is 0. The fraction of sp³-hybridized carbons (Fsp3) is 0.545. The van der Waals surface area contributed by atoms with Crippen LogP contribution in [0.3, 0.4) is 0 Å². The number of nitrogens with one attached hydrogen (secondary N) is 1. The van der Waals surface area contributed by atoms with Crippen molar-refractivity contribution >= 4 is 34.8 Å². The van der Waals surface area contributed by atoms with Gasteiger partial charge in [0.15, 0.2) is 5.13 Å². The minimum Gasteiger partial charge on any atom is -0.378 e. The second kappa shape index (κ2) is 8.34. The van der Waals surface area contributed by atoms with E-state index in [0.29, 0.717) is 24.1 Å². The number of ether oxygens (including phenoxy) is 1. The number of nitrogens with two attached hydrogens (primary N) is 1. The van der Waals surface area contributed by atoms with Crippen LogP contribution in [0.2, 0.25) is 0 Å². The van der Waals surface area contributed by atoms with E-state index in [2.05, 4.69) is 35.6 Å². The van der Waals surface area contributed by atoms with Gasteiger partial charge < -0.3 is 15.8 Å². The molecule has 7 heteroatoms. The van der Waals surface area contributed by atoms with E-state index >= 15 is 0 Å². The molecule has 4 rings (SSSR count). The maximum atomic E-state index is 13.0. The van der Waals surface area contributed by atoms with Gasteiger partial charge in [-0.1, -0.05) is 44.2 Å². The van der Waals surface area contributed by atoms with Crippen LogP contribution in [0, 0.1) is 5.41 Å². The zero-order chi connectivity index (χ0) is 19.9. The minimum atomic E-state index is -0.925. The number of nitrogens with zero attached hydrogens (tertiary/aromatic N) is 1. The summed E-state index contributed by atoms with van der Waals surface area (Å²) < 4.78 is 5.74. The van der Waals surface area contributed by atoms with Crippen LogP contribution >= 0.6 is 23.7 Å². The summed E-state index contributed by atoms with van der Waals surface area (Å²) in [4.78, 5) is 18.9. The van der Waals surface area contributed by atoms with Crippen molar-refractivity contribution in [2.24, 2.45) is 11.1 Å². The number of anilines is 1. The largest absolute Gasteiger partial charge is 0.378 e. The number of rotatable bonds is 5. The molecular formula is C22H30ClN3O2S. The van der Waals surface area contributed by atoms with Crippen LogP contribution in [0.1, 0.15) is 55.7 Å². The number of aryl methyl sites for hydroxylation is 1. The summed E-state index contributed by atoms with van der Waals surface area (Å²) in [5, 5.41) is 3.67. The fourth-order valence-corrected chi connectivity index (χ4v) is 5.55. The monoisotopic (exact) mass is 435 g/mol. The Hall–Kier alpha value is -1.47. The molecule has 1 heterocycles. The van der Waals surface area contributed by atoms with Crippen molar-refractivity contribution < 1.29 is 9.53 Å². The molecule has 1 aromatic heterocycles. The van der Waals surface area contributed by atoms with E-state index in [9.17, 15) is 4.79 Å². The predicted molar refractivity (Wildman–Crippen MR) is 120 cm³/mol. The standard InChI is InChI=1S/C22H29N3O2S.ClH/c1-4-27-18-13-22(23,21(18,2)3)19(26)25-20-24-16-11-10-15(12-17(16)28-20)14-8-6-5-7-9-14;/h5-9,15,18H,4,10-13,23H2,1-3H3,(H,24,25,26);1H. The number of thiazole rings is 1. The number of halogens is 1. The average Bonchev–Trinajstić information content (AvgIpc) is 3.09. The van der Waals surface area contributed by atoms with Gasteiger partial charge in [-0.05, 0) is 37.7 Å². The fourth-order valence-electron chi connectivity index (χ4n) is 4.47. The molecule has 1 saturated carbocycles. The van der Waals surface area contributed by atoms with E-state index in [4.69, 9.17) is 15.5 Å². The molecule has 158 valence electrons. The van der Waals surface area contributed by atoms with Crippen molar-refractivity contribution in [3.8, 4) is 0 Å². The molecule has 1 aromatic carbocycles. The first-order chi connectivity index (χ1) is 13.3. The Labute approximate surface area is 182 Å². The first kappa shape index (κ1) is 22.2. The molecular weight excluding hydrogens is 406 g/mol. The zero-order valence-corrected chi connectivity index (χ0v) is 18.9. The lowest BCUT2D eigenvalue weighted by molar-refractivity contribution is -0.166. The number of fused-ring (bicyclic) bond motifs is 1. The summed E-state index contributed by atoms with van der Waals surface area (Å²) in [6, 6.07) is 10.6. The van der Waals surface area contributed by atoms with Gasteiger partial charge in [0.1, 0.15) is 5.54 Å². The number of hydrogen-bond acceptors (Lipinski definition) is 5. The average molecular weight is 436 g/mol. The third kappa shape index (κ3) is 3.83. The summed E-state index contributed by atoms with van der Waals surface area (Å²) in [6.45, 7) is 6.62. The molecule has 2 aliphatic rings. The molecule has 0 aliphatic heterocycles. The molecule has 1 amide bonds. The van der Waals surface area contributed by atoms with Gasteiger partial charge in [0.05, 0.1) is 11.8 Å². The molecule has 29 heavy (non-hydrogen) atoms. The van der Waals surface area contributed by atoms with Crippen LogP contribution in [-0.2, 0) is 22.4 Å². The van der Waals surface area contributed by atoms with Crippen molar-refractivity contribution in [3.63, 3.8) is 0 Å². The van der Waals surface area contributed by atoms with Crippen LogP contribution in [0.5, 0.6) is 0 Å². The normalized spacial score (nSPS) is 27.3. The molecule has 0 spiro atoms. The Bertz CT molecular complexity index is 870. The van der Waals surface area contributed by atoms with Crippen molar-refractivity contribution in [1.82, 2.24) is 4.98 Å². The van der Waals surface area contributed by atoms with E-state index in [1.165, 1.54) is 10.4 Å². The highest BCUT2D eigenvalue weighted by atomic mass is 35.5. The van der Waals surface area contributed by atoms with Crippen molar-refractivity contribution in [2.45, 2.75) is 64.0 Å². The summed E-state index contributed by atoms with van der Waals surface area (Å²) in [7, 11) is 0. The van der Waals surface area contributed by atoms with Gasteiger partial charge in [0.25, 0.3) is 0 Å². The molecule has 0 bridgehead atoms. The highest BCUT2D eigenvalue weighted by Crippen LogP contribution is 2.50. The van der Waals surface area contributed by atoms with Crippen molar-refractivity contribution in [3.05, 3.63) is 46.5 Å². The molecule has 3 atom stereocenters. The molecule has 2 aromatic rings. The first-order valence-corrected chi connectivity index (χ1v) is 10.9. The Kier molecular flexibility index (Phi) is 6.39. The predicted octanol–water partition coefficient (Wildman–Crippen LogP) is 4.31. The lowest BCUT2D eigenvalue weighted by Crippen LogP contribution is -2.74. The number of benzene rings is 1. The van der Waals surface area contributed by atoms with Gasteiger partial charge in [0, 0.05) is 23.3 Å². The highest BCUT2D eigenvalue weighted by molar-refractivity contribution is 7.15. The quantitative estimate of drug-likeness (QED) is 0.733. The molecule has 0 radical (unpaired) electrons. The van der Waals surface area contributed by atoms with Gasteiger partial charge in [-0.15, -0.1) is 23.7 Å². The SMILES string of the molecule is CCOC1CC(N)(C(=O)Nc2nc3c(s2)CC(c2ccccc2)CC3)C1(C)C.Cl. The molecule has 2 aliphatic carbocycles. The Balaban J connectivity index is 0.00000240. The van der Waals surface area contributed by atoms with Gasteiger partial charge in [0.2, 0.25) is 5.91 Å². The summed E-state index contributed by atoms with van der Waals surface area (Å²) in [5.74, 6) is 0.371. The van der Waals surface area contributed by atoms with E-state index in [-0.39, 0.29) is 24.4 Å². The number of amides is 1. The van der Waals surface area contributed by atoms with Gasteiger partial charge in [-0.25, -0.2) is 4.98 Å². The molecule has 0 saturated heterocycles. The molecule has 1 fully saturated rings. The Morgan fingerprint density at radius 2 is 2.07 bits per heavy atom. The van der Waals surface area contributed by atoms with Gasteiger partial charge in [-0.2, -0.15) is 0 Å². The van der Waals surface area contributed by atoms with E-state index in [1.807, 2.05) is 20.8 Å². The number of carbonyl (C=O) groups is 1. The molecule has 5 nitrogen and oxygen atoms in total. The van der Waals surface area contributed by atoms with E-state index < -0.39 is 11.0 Å². The van der Waals surface area contributed by atoms with E-state index in [0.717, 1.165) is 25.0 Å². The smallest absolute Gasteiger partial charge is 0.246 e. The number of hydrogen-bond donors (Lipinski definition) is 2. The van der Waals surface area contributed by atoms with Gasteiger partial charge >= 0.3 is 0 Å². The Morgan fingerprint density at radius 3 is 2.72 bits per heavy atom. The van der Waals surface area contributed by atoms with Crippen LogP contribution in [0.25, 0.3) is 0 Å². The van der Waals surface area contributed by atoms with Crippen LogP contribution in [0.4, 0.5) is 5.13 Å². The van der Waals surface area contributed by atoms with Crippen molar-refractivity contribution in [1.29, 1.82) is 0 Å². The van der Waals surface area contributed by atoms with Crippen LogP contribution in [0.15, 0.2) is 30.3 Å². The summed E-state index contributed by atoms with van der Waals surface area (Å²) in [6.07, 6.45) is 3.59. The van der Waals surface area contributed by atoms with Crippen molar-refractivity contribution in [2.75, 3.05) is 11.9 Å². The second-order valence-electron chi connectivity index (χ2n) is 8.53. The summed E-state index contributed by atoms with van der Waals surface area (Å²) in [5.41, 5.74) is 7.68. The van der Waals surface area contributed by atoms with Crippen LogP contribution < -0.4 is 11.1 Å². The molecule has 3 unspecified atom stereocenters. The molecule has 3 N–H and O–H groups in total. The lowest BCUT2D eigenvalue weighted by atomic mass is 9.54. The third-order valence-electron chi connectivity index (χ3n) is 6.67. The maximum Gasteiger partial charge on any atom is 0.246 e. The van der Waals surface area contributed by atoms with Crippen LogP contribution in [-0.4, -0.2) is 29.1 Å². The zero-order valence-electron chi connectivity index (χ0n) is 17.2. The summed E-state index contributed by atoms with van der Waals surface area (Å²) >= 11 is 1.59. The maximum absolute atomic E-state index is 13.0. The van der Waals surface area contributed by atoms with Gasteiger partial charge in [-0.3, -0.25) is 4.79 Å². The Morgan fingerprint density at radius 1 is 1.34 bits per heavy atom. The third-order valence-corrected chi connectivity index (χ3v) is 7.70. The topological polar surface area (TPSA) is 77.2 Å². The highest BCUT2D eigenvalue weighted by Gasteiger charge is 2.63. The number of aromatic nitrogens is 1. The second-order valence-corrected chi connectivity index (χ2v) is 9.62. The van der Waals surface area contributed by atoms with E-state index in [1.54, 1.807) is 11.3 Å². The first-order valence-electron chi connectivity index (χ1n) is 10.1. The lowest BCUT2D eigenvalue weighted by Gasteiger charge is -2.57.